The molecule has 1 N–H and O–H groups in total. The van der Waals surface area contributed by atoms with Gasteiger partial charge in [0.25, 0.3) is 0 Å². The molecule has 0 aliphatic rings. The smallest absolute Gasteiger partial charge is 0.161 e. The zero-order valence-corrected chi connectivity index (χ0v) is 13.7. The maximum absolute atomic E-state index is 9.24. The van der Waals surface area contributed by atoms with E-state index in [1.165, 1.54) is 0 Å². The van der Waals surface area contributed by atoms with E-state index in [-0.39, 0.29) is 6.61 Å². The summed E-state index contributed by atoms with van der Waals surface area (Å²) in [5.74, 6) is 1.42. The monoisotopic (exact) mass is 321 g/mol. The third-order valence-electron chi connectivity index (χ3n) is 3.90. The molecule has 0 saturated carbocycles. The summed E-state index contributed by atoms with van der Waals surface area (Å²) in [5.41, 5.74) is 4.84. The van der Waals surface area contributed by atoms with Gasteiger partial charge in [-0.15, -0.1) is 0 Å². The molecule has 0 amide bonds. The van der Waals surface area contributed by atoms with Crippen LogP contribution in [0.1, 0.15) is 5.56 Å². The summed E-state index contributed by atoms with van der Waals surface area (Å²) >= 11 is 0. The highest BCUT2D eigenvalue weighted by Crippen LogP contribution is 2.33. The van der Waals surface area contributed by atoms with Gasteiger partial charge in [-0.2, -0.15) is 0 Å². The van der Waals surface area contributed by atoms with Gasteiger partial charge in [0.1, 0.15) is 0 Å². The molecular formula is C20H19NO3. The number of aliphatic hydroxyl groups excluding tert-OH is 1. The third kappa shape index (κ3) is 3.24. The Balaban J connectivity index is 1.92. The molecular weight excluding hydrogens is 302 g/mol. The predicted octanol–water partition coefficient (Wildman–Crippen LogP) is 3.93. The summed E-state index contributed by atoms with van der Waals surface area (Å²) in [6.07, 6.45) is 1.71. The first-order valence-corrected chi connectivity index (χ1v) is 7.64. The fraction of sp³-hybridized carbons (Fsp3) is 0.150. The van der Waals surface area contributed by atoms with Crippen LogP contribution in [0.5, 0.6) is 11.5 Å². The Morgan fingerprint density at radius 1 is 0.792 bits per heavy atom. The first-order chi connectivity index (χ1) is 11.7. The van der Waals surface area contributed by atoms with Crippen molar-refractivity contribution in [3.63, 3.8) is 0 Å². The van der Waals surface area contributed by atoms with Crippen LogP contribution in [0, 0.1) is 0 Å². The Morgan fingerprint density at radius 2 is 1.46 bits per heavy atom. The summed E-state index contributed by atoms with van der Waals surface area (Å²) in [6, 6.07) is 17.7. The molecule has 0 bridgehead atoms. The third-order valence-corrected chi connectivity index (χ3v) is 3.90. The molecule has 0 saturated heterocycles. The molecule has 122 valence electrons. The van der Waals surface area contributed by atoms with Gasteiger partial charge in [0.05, 0.1) is 26.5 Å². The molecule has 2 aromatic carbocycles. The lowest BCUT2D eigenvalue weighted by Gasteiger charge is -2.10. The normalized spacial score (nSPS) is 10.5. The minimum absolute atomic E-state index is 0.0131. The van der Waals surface area contributed by atoms with Gasteiger partial charge in [0.15, 0.2) is 11.5 Å². The summed E-state index contributed by atoms with van der Waals surface area (Å²) < 4.78 is 10.6. The van der Waals surface area contributed by atoms with E-state index in [0.717, 1.165) is 27.9 Å². The molecule has 0 aliphatic heterocycles. The van der Waals surface area contributed by atoms with Crippen LogP contribution in [0.15, 0.2) is 60.8 Å². The van der Waals surface area contributed by atoms with Gasteiger partial charge < -0.3 is 14.6 Å². The minimum Gasteiger partial charge on any atom is -0.493 e. The van der Waals surface area contributed by atoms with Gasteiger partial charge >= 0.3 is 0 Å². The van der Waals surface area contributed by atoms with Crippen molar-refractivity contribution in [1.29, 1.82) is 0 Å². The van der Waals surface area contributed by atoms with Crippen molar-refractivity contribution in [1.82, 2.24) is 4.98 Å². The second kappa shape index (κ2) is 7.15. The number of hydrogen-bond acceptors (Lipinski definition) is 4. The van der Waals surface area contributed by atoms with E-state index < -0.39 is 0 Å². The van der Waals surface area contributed by atoms with Crippen LogP contribution < -0.4 is 9.47 Å². The lowest BCUT2D eigenvalue weighted by Crippen LogP contribution is -1.91. The molecule has 0 spiro atoms. The zero-order chi connectivity index (χ0) is 16.9. The number of rotatable bonds is 5. The fourth-order valence-electron chi connectivity index (χ4n) is 2.58. The molecule has 4 nitrogen and oxygen atoms in total. The van der Waals surface area contributed by atoms with Crippen LogP contribution in [0.2, 0.25) is 0 Å². The van der Waals surface area contributed by atoms with Crippen molar-refractivity contribution in [3.8, 4) is 33.9 Å². The molecule has 0 unspecified atom stereocenters. The average Bonchev–Trinajstić information content (AvgIpc) is 2.67. The zero-order valence-electron chi connectivity index (χ0n) is 13.7. The summed E-state index contributed by atoms with van der Waals surface area (Å²) in [7, 11) is 3.25. The van der Waals surface area contributed by atoms with Crippen molar-refractivity contribution >= 4 is 0 Å². The van der Waals surface area contributed by atoms with E-state index in [9.17, 15) is 5.11 Å². The van der Waals surface area contributed by atoms with Crippen molar-refractivity contribution in [2.24, 2.45) is 0 Å². The van der Waals surface area contributed by atoms with E-state index in [1.807, 2.05) is 54.6 Å². The standard InChI is InChI=1S/C20H19NO3/c1-23-19-8-7-17(12-20(19)24-2)15-3-5-16(6-4-15)18-11-14(13-22)9-10-21-18/h3-12,22H,13H2,1-2H3. The Bertz CT molecular complexity index is 829. The molecule has 1 heterocycles. The largest absolute Gasteiger partial charge is 0.493 e. The molecule has 3 aromatic rings. The first kappa shape index (κ1) is 16.0. The highest BCUT2D eigenvalue weighted by Gasteiger charge is 2.07. The Kier molecular flexibility index (Phi) is 4.77. The number of nitrogens with zero attached hydrogens (tertiary/aromatic N) is 1. The lowest BCUT2D eigenvalue weighted by atomic mass is 10.0. The van der Waals surface area contributed by atoms with Crippen molar-refractivity contribution in [3.05, 3.63) is 66.4 Å². The second-order valence-electron chi connectivity index (χ2n) is 5.35. The van der Waals surface area contributed by atoms with Gasteiger partial charge in [0, 0.05) is 11.8 Å². The van der Waals surface area contributed by atoms with Crippen LogP contribution in [0.3, 0.4) is 0 Å². The molecule has 0 radical (unpaired) electrons. The number of methoxy groups -OCH3 is 2. The molecule has 0 aliphatic carbocycles. The average molecular weight is 321 g/mol. The van der Waals surface area contributed by atoms with E-state index in [0.29, 0.717) is 11.5 Å². The second-order valence-corrected chi connectivity index (χ2v) is 5.35. The number of aromatic nitrogens is 1. The lowest BCUT2D eigenvalue weighted by molar-refractivity contribution is 0.282. The van der Waals surface area contributed by atoms with Crippen molar-refractivity contribution in [2.45, 2.75) is 6.61 Å². The van der Waals surface area contributed by atoms with E-state index in [4.69, 9.17) is 9.47 Å². The van der Waals surface area contributed by atoms with Crippen LogP contribution in [0.25, 0.3) is 22.4 Å². The van der Waals surface area contributed by atoms with Crippen molar-refractivity contribution < 1.29 is 14.6 Å². The number of benzene rings is 2. The number of pyridine rings is 1. The number of hydrogen-bond donors (Lipinski definition) is 1. The number of aliphatic hydroxyl groups is 1. The van der Waals surface area contributed by atoms with Crippen LogP contribution >= 0.6 is 0 Å². The Morgan fingerprint density at radius 3 is 2.12 bits per heavy atom. The van der Waals surface area contributed by atoms with Crippen LogP contribution in [-0.2, 0) is 6.61 Å². The fourth-order valence-corrected chi connectivity index (χ4v) is 2.58. The molecule has 0 atom stereocenters. The van der Waals surface area contributed by atoms with Crippen molar-refractivity contribution in [2.75, 3.05) is 14.2 Å². The topological polar surface area (TPSA) is 51.6 Å². The maximum atomic E-state index is 9.24. The molecule has 1 aromatic heterocycles. The van der Waals surface area contributed by atoms with Gasteiger partial charge in [0.2, 0.25) is 0 Å². The minimum atomic E-state index is 0.0131. The summed E-state index contributed by atoms with van der Waals surface area (Å²) in [6.45, 7) is 0.0131. The Labute approximate surface area is 141 Å². The first-order valence-electron chi connectivity index (χ1n) is 7.64. The Hall–Kier alpha value is -2.85. The summed E-state index contributed by atoms with van der Waals surface area (Å²) in [4.78, 5) is 4.36. The highest BCUT2D eigenvalue weighted by molar-refractivity contribution is 5.71. The van der Waals surface area contributed by atoms with Crippen LogP contribution in [0.4, 0.5) is 0 Å². The van der Waals surface area contributed by atoms with Gasteiger partial charge in [-0.25, -0.2) is 0 Å². The van der Waals surface area contributed by atoms with Gasteiger partial charge in [-0.05, 0) is 41.0 Å². The van der Waals surface area contributed by atoms with Gasteiger partial charge in [-0.3, -0.25) is 4.98 Å². The molecule has 3 rings (SSSR count). The van der Waals surface area contributed by atoms with E-state index in [2.05, 4.69) is 4.98 Å². The van der Waals surface area contributed by atoms with Crippen LogP contribution in [-0.4, -0.2) is 24.3 Å². The highest BCUT2D eigenvalue weighted by atomic mass is 16.5. The predicted molar refractivity (Wildman–Crippen MR) is 94.1 cm³/mol. The SMILES string of the molecule is COc1ccc(-c2ccc(-c3cc(CO)ccn3)cc2)cc1OC. The molecule has 24 heavy (non-hydrogen) atoms. The number of ether oxygens (including phenoxy) is 2. The summed E-state index contributed by atoms with van der Waals surface area (Å²) in [5, 5.41) is 9.24. The van der Waals surface area contributed by atoms with E-state index >= 15 is 0 Å². The quantitative estimate of drug-likeness (QED) is 0.774. The van der Waals surface area contributed by atoms with Gasteiger partial charge in [-0.1, -0.05) is 30.3 Å². The molecule has 0 fully saturated rings. The molecule has 4 heteroatoms. The maximum Gasteiger partial charge on any atom is 0.161 e. The van der Waals surface area contributed by atoms with E-state index in [1.54, 1.807) is 20.4 Å².